The lowest BCUT2D eigenvalue weighted by atomic mass is 9.90. The average molecular weight is 192 g/mol. The van der Waals surface area contributed by atoms with E-state index in [4.69, 9.17) is 11.6 Å². The van der Waals surface area contributed by atoms with E-state index in [1.54, 1.807) is 6.92 Å². The molecule has 1 amide bonds. The molecule has 2 nitrogen and oxygen atoms in total. The van der Waals surface area contributed by atoms with Gasteiger partial charge in [-0.3, -0.25) is 4.79 Å². The lowest BCUT2D eigenvalue weighted by Gasteiger charge is -2.23. The Morgan fingerprint density at radius 1 is 1.58 bits per heavy atom. The Bertz CT molecular complexity index is 155. The predicted molar refractivity (Wildman–Crippen MR) is 52.4 cm³/mol. The van der Waals surface area contributed by atoms with Crippen LogP contribution in [0.25, 0.3) is 0 Å². The summed E-state index contributed by atoms with van der Waals surface area (Å²) in [5.41, 5.74) is 0.168. The highest BCUT2D eigenvalue weighted by atomic mass is 35.5. The van der Waals surface area contributed by atoms with E-state index in [-0.39, 0.29) is 11.3 Å². The Hall–Kier alpha value is -0.240. The van der Waals surface area contributed by atoms with Gasteiger partial charge < -0.3 is 5.32 Å². The highest BCUT2D eigenvalue weighted by Crippen LogP contribution is 2.17. The number of rotatable bonds is 4. The summed E-state index contributed by atoms with van der Waals surface area (Å²) in [7, 11) is 0. The van der Waals surface area contributed by atoms with Crippen LogP contribution in [-0.4, -0.2) is 17.8 Å². The molecule has 0 saturated heterocycles. The molecule has 0 unspecified atom stereocenters. The lowest BCUT2D eigenvalue weighted by molar-refractivity contribution is -0.120. The van der Waals surface area contributed by atoms with Crippen molar-refractivity contribution in [2.45, 2.75) is 39.5 Å². The molecule has 3 heteroatoms. The van der Waals surface area contributed by atoms with Crippen molar-refractivity contribution >= 4 is 17.5 Å². The van der Waals surface area contributed by atoms with Gasteiger partial charge in [0.2, 0.25) is 5.91 Å². The first kappa shape index (κ1) is 11.8. The molecular weight excluding hydrogens is 174 g/mol. The molecule has 0 saturated carbocycles. The van der Waals surface area contributed by atoms with Crippen LogP contribution in [0.4, 0.5) is 0 Å². The molecule has 0 aliphatic heterocycles. The summed E-state index contributed by atoms with van der Waals surface area (Å²) in [4.78, 5) is 11.1. The molecule has 0 aliphatic carbocycles. The molecule has 0 spiro atoms. The number of halogens is 1. The maximum absolute atomic E-state index is 11.1. The number of hydrogen-bond donors (Lipinski definition) is 1. The van der Waals surface area contributed by atoms with Gasteiger partial charge in [0, 0.05) is 6.54 Å². The second-order valence-corrected chi connectivity index (χ2v) is 4.51. The monoisotopic (exact) mass is 191 g/mol. The highest BCUT2D eigenvalue weighted by Gasteiger charge is 2.17. The largest absolute Gasteiger partial charge is 0.354 e. The van der Waals surface area contributed by atoms with E-state index in [2.05, 4.69) is 26.1 Å². The van der Waals surface area contributed by atoms with Gasteiger partial charge in [-0.15, -0.1) is 11.6 Å². The number of nitrogens with one attached hydrogen (secondary N) is 1. The maximum Gasteiger partial charge on any atom is 0.237 e. The van der Waals surface area contributed by atoms with Gasteiger partial charge in [-0.2, -0.15) is 0 Å². The molecule has 1 N–H and O–H groups in total. The first-order valence-electron chi connectivity index (χ1n) is 4.31. The SMILES string of the molecule is CCC(C)(C)CNC(=O)[C@H](C)Cl. The zero-order valence-electron chi connectivity index (χ0n) is 8.28. The summed E-state index contributed by atoms with van der Waals surface area (Å²) in [5, 5.41) is 2.37. The number of carbonyl (C=O) groups is 1. The van der Waals surface area contributed by atoms with Crippen molar-refractivity contribution in [3.8, 4) is 0 Å². The van der Waals surface area contributed by atoms with Crippen LogP contribution in [0, 0.1) is 5.41 Å². The molecule has 0 aromatic rings. The predicted octanol–water partition coefficient (Wildman–Crippen LogP) is 2.17. The molecule has 0 rings (SSSR count). The molecule has 0 radical (unpaired) electrons. The van der Waals surface area contributed by atoms with Crippen molar-refractivity contribution in [2.75, 3.05) is 6.54 Å². The van der Waals surface area contributed by atoms with Crippen molar-refractivity contribution in [2.24, 2.45) is 5.41 Å². The van der Waals surface area contributed by atoms with Crippen molar-refractivity contribution in [1.29, 1.82) is 0 Å². The summed E-state index contributed by atoms with van der Waals surface area (Å²) >= 11 is 5.59. The summed E-state index contributed by atoms with van der Waals surface area (Å²) in [6.45, 7) is 8.71. The van der Waals surface area contributed by atoms with E-state index < -0.39 is 5.38 Å². The third kappa shape index (κ3) is 4.60. The van der Waals surface area contributed by atoms with E-state index in [0.717, 1.165) is 6.42 Å². The molecule has 0 fully saturated rings. The minimum absolute atomic E-state index is 0.0850. The molecule has 0 aromatic heterocycles. The Kier molecular flexibility index (Phi) is 4.61. The summed E-state index contributed by atoms with van der Waals surface area (Å²) in [5.74, 6) is -0.0850. The van der Waals surface area contributed by atoms with E-state index in [1.807, 2.05) is 0 Å². The van der Waals surface area contributed by atoms with E-state index >= 15 is 0 Å². The standard InChI is InChI=1S/C9H18ClNO/c1-5-9(3,4)6-11-8(12)7(2)10/h7H,5-6H2,1-4H3,(H,11,12)/t7-/m0/s1. The summed E-state index contributed by atoms with van der Waals surface area (Å²) in [6, 6.07) is 0. The van der Waals surface area contributed by atoms with E-state index in [0.29, 0.717) is 6.54 Å². The Morgan fingerprint density at radius 3 is 2.42 bits per heavy atom. The summed E-state index contributed by atoms with van der Waals surface area (Å²) in [6.07, 6.45) is 1.05. The average Bonchev–Trinajstić information content (AvgIpc) is 2.00. The van der Waals surface area contributed by atoms with Gasteiger partial charge in [-0.1, -0.05) is 20.8 Å². The topological polar surface area (TPSA) is 29.1 Å². The van der Waals surface area contributed by atoms with Crippen LogP contribution >= 0.6 is 11.6 Å². The third-order valence-corrected chi connectivity index (χ3v) is 2.26. The van der Waals surface area contributed by atoms with Gasteiger partial charge in [-0.05, 0) is 18.8 Å². The molecule has 12 heavy (non-hydrogen) atoms. The smallest absolute Gasteiger partial charge is 0.237 e. The lowest BCUT2D eigenvalue weighted by Crippen LogP contribution is -2.37. The number of hydrogen-bond acceptors (Lipinski definition) is 1. The third-order valence-electron chi connectivity index (χ3n) is 2.06. The molecule has 0 heterocycles. The van der Waals surface area contributed by atoms with Crippen LogP contribution in [0.3, 0.4) is 0 Å². The van der Waals surface area contributed by atoms with Crippen LogP contribution < -0.4 is 5.32 Å². The van der Waals surface area contributed by atoms with Gasteiger partial charge >= 0.3 is 0 Å². The van der Waals surface area contributed by atoms with Crippen LogP contribution in [-0.2, 0) is 4.79 Å². The van der Waals surface area contributed by atoms with Crippen LogP contribution in [0.15, 0.2) is 0 Å². The van der Waals surface area contributed by atoms with E-state index in [9.17, 15) is 4.79 Å². The molecular formula is C9H18ClNO. The van der Waals surface area contributed by atoms with Crippen LogP contribution in [0.1, 0.15) is 34.1 Å². The second-order valence-electron chi connectivity index (χ2n) is 3.85. The number of amides is 1. The Balaban J connectivity index is 3.76. The zero-order chi connectivity index (χ0) is 9.78. The second kappa shape index (κ2) is 4.70. The molecule has 72 valence electrons. The fourth-order valence-electron chi connectivity index (χ4n) is 0.592. The van der Waals surface area contributed by atoms with Gasteiger partial charge in [0.05, 0.1) is 0 Å². The maximum atomic E-state index is 11.1. The minimum Gasteiger partial charge on any atom is -0.354 e. The number of carbonyl (C=O) groups excluding carboxylic acids is 1. The Labute approximate surface area is 79.7 Å². The van der Waals surface area contributed by atoms with Gasteiger partial charge in [0.1, 0.15) is 5.38 Å². The normalized spacial score (nSPS) is 14.1. The molecule has 0 aromatic carbocycles. The van der Waals surface area contributed by atoms with Crippen molar-refractivity contribution in [1.82, 2.24) is 5.32 Å². The van der Waals surface area contributed by atoms with Gasteiger partial charge in [0.15, 0.2) is 0 Å². The van der Waals surface area contributed by atoms with Crippen molar-refractivity contribution in [3.63, 3.8) is 0 Å². The molecule has 0 bridgehead atoms. The molecule has 0 aliphatic rings. The first-order valence-corrected chi connectivity index (χ1v) is 4.74. The minimum atomic E-state index is -0.433. The zero-order valence-corrected chi connectivity index (χ0v) is 9.03. The quantitative estimate of drug-likeness (QED) is 0.679. The van der Waals surface area contributed by atoms with Gasteiger partial charge in [-0.25, -0.2) is 0 Å². The fraction of sp³-hybridized carbons (Fsp3) is 0.889. The van der Waals surface area contributed by atoms with E-state index in [1.165, 1.54) is 0 Å². The molecule has 1 atom stereocenters. The highest BCUT2D eigenvalue weighted by molar-refractivity contribution is 6.30. The van der Waals surface area contributed by atoms with Crippen LogP contribution in [0.5, 0.6) is 0 Å². The number of alkyl halides is 1. The fourth-order valence-corrected chi connectivity index (χ4v) is 0.669. The first-order chi connectivity index (χ1) is 5.39. The Morgan fingerprint density at radius 2 is 2.08 bits per heavy atom. The van der Waals surface area contributed by atoms with Crippen LogP contribution in [0.2, 0.25) is 0 Å². The van der Waals surface area contributed by atoms with Crippen molar-refractivity contribution in [3.05, 3.63) is 0 Å². The van der Waals surface area contributed by atoms with Crippen molar-refractivity contribution < 1.29 is 4.79 Å². The summed E-state index contributed by atoms with van der Waals surface area (Å²) < 4.78 is 0. The van der Waals surface area contributed by atoms with Gasteiger partial charge in [0.25, 0.3) is 0 Å².